The minimum atomic E-state index is -1.000. The molecule has 4 aliphatic rings. The van der Waals surface area contributed by atoms with Gasteiger partial charge in [-0.15, -0.1) is 21.5 Å². The molecule has 322 valence electrons. The van der Waals surface area contributed by atoms with Crippen LogP contribution in [0.2, 0.25) is 0 Å². The maximum Gasteiger partial charge on any atom is 0.162 e. The van der Waals surface area contributed by atoms with Crippen LogP contribution in [0.25, 0.3) is 5.00 Å². The number of piperidine rings is 1. The number of hydrogen-bond donors (Lipinski definition) is 2. The standard InChI is InChI=1S/C47H54F3N7O3S/c1-7-30-8-9-31-20-32(58)10-11-33(31)43(30)35-22-38(50)40(24-41(35)60-6)56-18-16-54(17-19-56)25-47(59)12-14-55(15-13-47)39-23-36(48)34(21-37(39)49)44-42-26(2)28(4)61-46(42)57-29(5)52-53-45(57)27(3)51-44/h10-11,20-24,27,30,43,58-59H,7-9,12-19,25H2,1-6H3/t27-,30+,43+/m0/s1. The summed E-state index contributed by atoms with van der Waals surface area (Å²) in [6.45, 7) is 13.5. The van der Waals surface area contributed by atoms with Gasteiger partial charge in [-0.1, -0.05) is 19.4 Å². The number of fused-ring (bicyclic) bond motifs is 4. The van der Waals surface area contributed by atoms with E-state index in [0.717, 1.165) is 57.0 Å². The predicted octanol–water partition coefficient (Wildman–Crippen LogP) is 8.56. The lowest BCUT2D eigenvalue weighted by Gasteiger charge is -2.44. The van der Waals surface area contributed by atoms with Gasteiger partial charge in [0.05, 0.1) is 29.8 Å². The third-order valence-corrected chi connectivity index (χ3v) is 15.0. The number of thiophene rings is 1. The molecule has 1 aliphatic carbocycles. The molecule has 0 unspecified atom stereocenters. The summed E-state index contributed by atoms with van der Waals surface area (Å²) in [5, 5.41) is 31.4. The van der Waals surface area contributed by atoms with Gasteiger partial charge >= 0.3 is 0 Å². The number of phenolic OH excluding ortho intramolecular Hbond substituents is 1. The Bertz CT molecular complexity index is 2520. The van der Waals surface area contributed by atoms with Crippen LogP contribution in [0.4, 0.5) is 24.5 Å². The molecule has 3 atom stereocenters. The highest BCUT2D eigenvalue weighted by molar-refractivity contribution is 7.15. The van der Waals surface area contributed by atoms with Gasteiger partial charge in [-0.3, -0.25) is 14.5 Å². The number of aliphatic imine (C=N–C) groups is 1. The lowest BCUT2D eigenvalue weighted by molar-refractivity contribution is -0.0174. The normalized spacial score (nSPS) is 21.4. The highest BCUT2D eigenvalue weighted by atomic mass is 32.1. The molecule has 2 aromatic heterocycles. The summed E-state index contributed by atoms with van der Waals surface area (Å²) in [6.07, 6.45) is 3.58. The van der Waals surface area contributed by atoms with Crippen molar-refractivity contribution < 1.29 is 28.1 Å². The van der Waals surface area contributed by atoms with Crippen LogP contribution in [0.1, 0.15) is 101 Å². The number of rotatable bonds is 8. The van der Waals surface area contributed by atoms with E-state index in [1.165, 1.54) is 12.1 Å². The van der Waals surface area contributed by atoms with Crippen molar-refractivity contribution in [1.29, 1.82) is 0 Å². The smallest absolute Gasteiger partial charge is 0.162 e. The molecule has 10 nitrogen and oxygen atoms in total. The second-order valence-corrected chi connectivity index (χ2v) is 18.6. The average molecular weight is 854 g/mol. The molecule has 5 aromatic rings. The molecule has 2 saturated heterocycles. The monoisotopic (exact) mass is 853 g/mol. The molecular formula is C47H54F3N7O3S. The Labute approximate surface area is 359 Å². The SMILES string of the molecule is CC[C@@H]1CCc2cc(O)ccc2[C@@H]1c1cc(F)c(N2CCN(CC3(O)CCN(c4cc(F)c(C5=N[C@@H](C)c6nnc(C)n6-c6sc(C)c(C)c65)cc4F)CC3)CC2)cc1OC. The number of ether oxygens (including phenoxy) is 1. The quantitative estimate of drug-likeness (QED) is 0.160. The number of piperazine rings is 1. The van der Waals surface area contributed by atoms with Crippen LogP contribution in [0.3, 0.4) is 0 Å². The van der Waals surface area contributed by atoms with E-state index in [-0.39, 0.29) is 28.7 Å². The average Bonchev–Trinajstić information content (AvgIpc) is 3.73. The van der Waals surface area contributed by atoms with E-state index in [9.17, 15) is 10.2 Å². The maximum absolute atomic E-state index is 16.3. The number of hydrogen-bond acceptors (Lipinski definition) is 10. The fourth-order valence-electron chi connectivity index (χ4n) is 10.3. The summed E-state index contributed by atoms with van der Waals surface area (Å²) >= 11 is 1.57. The third kappa shape index (κ3) is 7.37. The largest absolute Gasteiger partial charge is 0.508 e. The second-order valence-electron chi connectivity index (χ2n) is 17.4. The zero-order chi connectivity index (χ0) is 42.9. The van der Waals surface area contributed by atoms with Gasteiger partial charge in [0.2, 0.25) is 0 Å². The van der Waals surface area contributed by atoms with Gasteiger partial charge in [0.25, 0.3) is 0 Å². The van der Waals surface area contributed by atoms with Crippen molar-refractivity contribution in [2.45, 2.75) is 84.3 Å². The van der Waals surface area contributed by atoms with Crippen LogP contribution in [-0.2, 0) is 6.42 Å². The molecule has 14 heteroatoms. The Morgan fingerprint density at radius 2 is 1.57 bits per heavy atom. The first-order valence-corrected chi connectivity index (χ1v) is 22.3. The van der Waals surface area contributed by atoms with E-state index in [4.69, 9.17) is 9.73 Å². The number of phenols is 1. The molecule has 2 N–H and O–H groups in total. The van der Waals surface area contributed by atoms with Crippen molar-refractivity contribution in [2.24, 2.45) is 10.9 Å². The van der Waals surface area contributed by atoms with E-state index >= 15 is 13.2 Å². The number of aliphatic hydroxyl groups is 1. The number of halogens is 3. The third-order valence-electron chi connectivity index (χ3n) is 13.8. The predicted molar refractivity (Wildman–Crippen MR) is 234 cm³/mol. The van der Waals surface area contributed by atoms with E-state index in [2.05, 4.69) is 22.0 Å². The number of benzene rings is 3. The molecule has 0 spiro atoms. The van der Waals surface area contributed by atoms with Crippen molar-refractivity contribution in [3.63, 3.8) is 0 Å². The molecule has 3 aliphatic heterocycles. The van der Waals surface area contributed by atoms with Gasteiger partial charge in [0.15, 0.2) is 5.82 Å². The van der Waals surface area contributed by atoms with Crippen LogP contribution >= 0.6 is 11.3 Å². The van der Waals surface area contributed by atoms with Gasteiger partial charge in [-0.2, -0.15) is 0 Å². The van der Waals surface area contributed by atoms with Gasteiger partial charge in [0, 0.05) is 85.4 Å². The maximum atomic E-state index is 16.3. The summed E-state index contributed by atoms with van der Waals surface area (Å²) in [7, 11) is 1.64. The van der Waals surface area contributed by atoms with Crippen LogP contribution in [-0.4, -0.2) is 94.1 Å². The summed E-state index contributed by atoms with van der Waals surface area (Å²) in [5.74, 6) is 1.19. The second kappa shape index (κ2) is 16.1. The lowest BCUT2D eigenvalue weighted by Crippen LogP contribution is -2.55. The highest BCUT2D eigenvalue weighted by Crippen LogP contribution is 2.48. The number of nitrogens with zero attached hydrogens (tertiary/aromatic N) is 7. The summed E-state index contributed by atoms with van der Waals surface area (Å²) in [5.41, 5.74) is 4.97. The van der Waals surface area contributed by atoms with Gasteiger partial charge in [-0.25, -0.2) is 13.2 Å². The van der Waals surface area contributed by atoms with Crippen molar-refractivity contribution in [2.75, 3.05) is 62.7 Å². The lowest BCUT2D eigenvalue weighted by atomic mass is 9.70. The molecule has 3 aromatic carbocycles. The number of aryl methyl sites for hydroxylation is 3. The Balaban J connectivity index is 0.858. The van der Waals surface area contributed by atoms with E-state index in [1.807, 2.05) is 60.3 Å². The first kappa shape index (κ1) is 41.4. The van der Waals surface area contributed by atoms with Gasteiger partial charge in [-0.05, 0) is 100 Å². The molecule has 0 saturated carbocycles. The number of aromatic nitrogens is 3. The van der Waals surface area contributed by atoms with Crippen LogP contribution in [0, 0.1) is 44.1 Å². The molecule has 0 radical (unpaired) electrons. The Hall–Kier alpha value is -4.92. The van der Waals surface area contributed by atoms with Gasteiger partial charge < -0.3 is 24.7 Å². The Morgan fingerprint density at radius 3 is 2.30 bits per heavy atom. The van der Waals surface area contributed by atoms with E-state index in [0.29, 0.717) is 93.4 Å². The summed E-state index contributed by atoms with van der Waals surface area (Å²) in [6, 6.07) is 11.1. The fraction of sp³-hybridized carbons (Fsp3) is 0.468. The first-order chi connectivity index (χ1) is 29.3. The first-order valence-electron chi connectivity index (χ1n) is 21.5. The highest BCUT2D eigenvalue weighted by Gasteiger charge is 2.38. The zero-order valence-electron chi connectivity index (χ0n) is 35.7. The summed E-state index contributed by atoms with van der Waals surface area (Å²) < 4.78 is 56.5. The molecule has 5 heterocycles. The fourth-order valence-corrected chi connectivity index (χ4v) is 11.5. The van der Waals surface area contributed by atoms with Crippen molar-refractivity contribution in [3.8, 4) is 16.5 Å². The van der Waals surface area contributed by atoms with Crippen molar-refractivity contribution in [1.82, 2.24) is 19.7 Å². The number of methoxy groups -OCH3 is 1. The zero-order valence-corrected chi connectivity index (χ0v) is 36.6. The molecular weight excluding hydrogens is 800 g/mol. The number of anilines is 2. The molecule has 0 bridgehead atoms. The van der Waals surface area contributed by atoms with Crippen LogP contribution in [0.15, 0.2) is 47.5 Å². The topological polar surface area (TPSA) is 102 Å². The minimum Gasteiger partial charge on any atom is -0.508 e. The minimum absolute atomic E-state index is 0.0320. The van der Waals surface area contributed by atoms with E-state index in [1.54, 1.807) is 30.6 Å². The van der Waals surface area contributed by atoms with Crippen molar-refractivity contribution >= 4 is 28.4 Å². The van der Waals surface area contributed by atoms with Crippen LogP contribution < -0.4 is 14.5 Å². The van der Waals surface area contributed by atoms with E-state index < -0.39 is 23.3 Å². The van der Waals surface area contributed by atoms with Crippen LogP contribution in [0.5, 0.6) is 11.5 Å². The molecule has 0 amide bonds. The Morgan fingerprint density at radius 1 is 0.869 bits per heavy atom. The van der Waals surface area contributed by atoms with Gasteiger partial charge in [0.1, 0.15) is 45.8 Å². The van der Waals surface area contributed by atoms with Crippen molar-refractivity contribution in [3.05, 3.63) is 110 Å². The molecule has 9 rings (SSSR count). The summed E-state index contributed by atoms with van der Waals surface area (Å²) in [4.78, 5) is 12.1. The number of β-amino-alcohol motifs (C(OH)–C–C–N with tert-alkyl or cyclic N) is 1. The molecule has 61 heavy (non-hydrogen) atoms. The number of aromatic hydroxyl groups is 1. The Kier molecular flexibility index (Phi) is 10.9. The molecule has 2 fully saturated rings.